The molecule has 0 aliphatic heterocycles. The monoisotopic (exact) mass is 526 g/mol. The lowest BCUT2D eigenvalue weighted by Gasteiger charge is -2.22. The summed E-state index contributed by atoms with van der Waals surface area (Å²) in [5.41, 5.74) is 1.11. The molecule has 0 atom stereocenters. The SMILES string of the molecule is CCN(CC)S(=O)(=O)c1ccc(C(=O)N(CCN(C)C)c2nc3c(OC)cccc3s2)cc1.Cl. The molecule has 11 heteroatoms. The number of methoxy groups -OCH3 is 1. The van der Waals surface area contributed by atoms with Crippen molar-refractivity contribution in [1.29, 1.82) is 0 Å². The average Bonchev–Trinajstić information content (AvgIpc) is 3.23. The zero-order valence-corrected chi connectivity index (χ0v) is 22.5. The van der Waals surface area contributed by atoms with Crippen molar-refractivity contribution >= 4 is 55.0 Å². The molecule has 0 fully saturated rings. The van der Waals surface area contributed by atoms with Gasteiger partial charge in [0, 0.05) is 31.7 Å². The number of carbonyl (C=O) groups is 1. The van der Waals surface area contributed by atoms with Gasteiger partial charge in [0.15, 0.2) is 5.13 Å². The normalized spacial score (nSPS) is 11.6. The number of sulfonamides is 1. The van der Waals surface area contributed by atoms with Crippen LogP contribution >= 0.6 is 23.7 Å². The van der Waals surface area contributed by atoms with Crippen molar-refractivity contribution in [3.63, 3.8) is 0 Å². The number of ether oxygens (including phenoxy) is 1. The third-order valence-electron chi connectivity index (χ3n) is 5.28. The van der Waals surface area contributed by atoms with Crippen LogP contribution in [-0.4, -0.2) is 75.9 Å². The molecule has 8 nitrogen and oxygen atoms in total. The van der Waals surface area contributed by atoms with E-state index in [1.807, 2.05) is 37.2 Å². The first-order chi connectivity index (χ1) is 15.7. The Bertz CT molecular complexity index is 1210. The Morgan fingerprint density at radius 3 is 2.24 bits per heavy atom. The van der Waals surface area contributed by atoms with E-state index in [4.69, 9.17) is 4.74 Å². The number of thiazole rings is 1. The molecule has 0 aliphatic carbocycles. The van der Waals surface area contributed by atoms with E-state index in [-0.39, 0.29) is 23.2 Å². The molecule has 1 aromatic heterocycles. The Labute approximate surface area is 211 Å². The number of hydrogen-bond acceptors (Lipinski definition) is 7. The number of rotatable bonds is 10. The fourth-order valence-electron chi connectivity index (χ4n) is 3.41. The number of aromatic nitrogens is 1. The van der Waals surface area contributed by atoms with Gasteiger partial charge in [0.25, 0.3) is 5.91 Å². The first-order valence-electron chi connectivity index (χ1n) is 10.7. The van der Waals surface area contributed by atoms with E-state index >= 15 is 0 Å². The first kappa shape index (κ1) is 28.0. The number of amides is 1. The molecule has 3 aromatic rings. The summed E-state index contributed by atoms with van der Waals surface area (Å²) >= 11 is 1.42. The predicted octanol–water partition coefficient (Wildman–Crippen LogP) is 3.97. The highest BCUT2D eigenvalue weighted by atomic mass is 35.5. The van der Waals surface area contributed by atoms with Crippen LogP contribution < -0.4 is 9.64 Å². The molecule has 0 aliphatic rings. The molecular formula is C23H31ClN4O4S2. The minimum atomic E-state index is -3.58. The van der Waals surface area contributed by atoms with Gasteiger partial charge in [-0.05, 0) is 50.5 Å². The van der Waals surface area contributed by atoms with Gasteiger partial charge in [-0.25, -0.2) is 13.4 Å². The molecule has 1 amide bonds. The van der Waals surface area contributed by atoms with Crippen LogP contribution in [0.15, 0.2) is 47.4 Å². The van der Waals surface area contributed by atoms with Gasteiger partial charge in [-0.2, -0.15) is 4.31 Å². The average molecular weight is 527 g/mol. The Hall–Kier alpha value is -2.24. The summed E-state index contributed by atoms with van der Waals surface area (Å²) in [4.78, 5) is 22.0. The number of carbonyl (C=O) groups excluding carboxylic acids is 1. The van der Waals surface area contributed by atoms with Crippen molar-refractivity contribution in [1.82, 2.24) is 14.2 Å². The Kier molecular flexibility index (Phi) is 9.84. The van der Waals surface area contributed by atoms with Crippen LogP contribution in [-0.2, 0) is 10.0 Å². The van der Waals surface area contributed by atoms with Crippen LogP contribution in [0.4, 0.5) is 5.13 Å². The van der Waals surface area contributed by atoms with E-state index in [9.17, 15) is 13.2 Å². The minimum Gasteiger partial charge on any atom is -0.494 e. The highest BCUT2D eigenvalue weighted by Gasteiger charge is 2.25. The molecule has 0 bridgehead atoms. The second-order valence-electron chi connectivity index (χ2n) is 7.68. The standard InChI is InChI=1S/C23H30N4O4S2.ClH/c1-6-26(7-2)33(29,30)18-13-11-17(12-14-18)22(28)27(16-15-25(3)4)23-24-21-19(31-5)9-8-10-20(21)32-23;/h8-14H,6-7,15-16H2,1-5H3;1H. The highest BCUT2D eigenvalue weighted by molar-refractivity contribution is 7.89. The summed E-state index contributed by atoms with van der Waals surface area (Å²) in [5, 5.41) is 0.571. The Balaban J connectivity index is 0.00000408. The molecule has 0 N–H and O–H groups in total. The molecule has 0 radical (unpaired) electrons. The minimum absolute atomic E-state index is 0. The third-order valence-corrected chi connectivity index (χ3v) is 8.39. The molecular weight excluding hydrogens is 496 g/mol. The van der Waals surface area contributed by atoms with Crippen molar-refractivity contribution in [3.8, 4) is 5.75 Å². The number of para-hydroxylation sites is 1. The van der Waals surface area contributed by atoms with Crippen molar-refractivity contribution in [2.24, 2.45) is 0 Å². The van der Waals surface area contributed by atoms with Gasteiger partial charge in [-0.1, -0.05) is 31.3 Å². The number of fused-ring (bicyclic) bond motifs is 1. The molecule has 0 unspecified atom stereocenters. The zero-order chi connectivity index (χ0) is 24.2. The van der Waals surface area contributed by atoms with Crippen LogP contribution in [0.1, 0.15) is 24.2 Å². The Morgan fingerprint density at radius 2 is 1.68 bits per heavy atom. The molecule has 0 spiro atoms. The fourth-order valence-corrected chi connectivity index (χ4v) is 5.88. The van der Waals surface area contributed by atoms with Crippen LogP contribution in [0.2, 0.25) is 0 Å². The number of benzene rings is 2. The maximum Gasteiger partial charge on any atom is 0.260 e. The van der Waals surface area contributed by atoms with Crippen molar-refractivity contribution in [3.05, 3.63) is 48.0 Å². The summed E-state index contributed by atoms with van der Waals surface area (Å²) in [6.07, 6.45) is 0. The quantitative estimate of drug-likeness (QED) is 0.397. The first-order valence-corrected chi connectivity index (χ1v) is 13.0. The molecule has 2 aromatic carbocycles. The topological polar surface area (TPSA) is 83.1 Å². The molecule has 0 saturated heterocycles. The maximum atomic E-state index is 13.5. The summed E-state index contributed by atoms with van der Waals surface area (Å²) < 4.78 is 33.3. The lowest BCUT2D eigenvalue weighted by molar-refractivity contribution is 0.0985. The van der Waals surface area contributed by atoms with Crippen LogP contribution in [0, 0.1) is 0 Å². The van der Waals surface area contributed by atoms with Gasteiger partial charge in [0.2, 0.25) is 10.0 Å². The molecule has 3 rings (SSSR count). The van der Waals surface area contributed by atoms with E-state index in [1.54, 1.807) is 38.0 Å². The number of halogens is 1. The lowest BCUT2D eigenvalue weighted by atomic mass is 10.2. The lowest BCUT2D eigenvalue weighted by Crippen LogP contribution is -2.36. The number of nitrogens with zero attached hydrogens (tertiary/aromatic N) is 4. The van der Waals surface area contributed by atoms with Crippen LogP contribution in [0.25, 0.3) is 10.2 Å². The van der Waals surface area contributed by atoms with Gasteiger partial charge >= 0.3 is 0 Å². The fraction of sp³-hybridized carbons (Fsp3) is 0.391. The molecule has 1 heterocycles. The van der Waals surface area contributed by atoms with E-state index < -0.39 is 10.0 Å². The summed E-state index contributed by atoms with van der Waals surface area (Å²) in [7, 11) is 1.89. The number of anilines is 1. The van der Waals surface area contributed by atoms with E-state index in [2.05, 4.69) is 4.98 Å². The Morgan fingerprint density at radius 1 is 1.03 bits per heavy atom. The number of likely N-dealkylation sites (N-methyl/N-ethyl adjacent to an activating group) is 1. The predicted molar refractivity (Wildman–Crippen MR) is 140 cm³/mol. The smallest absolute Gasteiger partial charge is 0.260 e. The summed E-state index contributed by atoms with van der Waals surface area (Å²) in [6, 6.07) is 11.8. The van der Waals surface area contributed by atoms with Gasteiger partial charge in [-0.15, -0.1) is 12.4 Å². The van der Waals surface area contributed by atoms with Crippen LogP contribution in [0.3, 0.4) is 0 Å². The van der Waals surface area contributed by atoms with E-state index in [0.29, 0.717) is 48.1 Å². The van der Waals surface area contributed by atoms with Crippen molar-refractivity contribution in [2.45, 2.75) is 18.7 Å². The van der Waals surface area contributed by atoms with Crippen LogP contribution in [0.5, 0.6) is 5.75 Å². The maximum absolute atomic E-state index is 13.5. The third kappa shape index (κ3) is 5.87. The van der Waals surface area contributed by atoms with Gasteiger partial charge < -0.3 is 9.64 Å². The largest absolute Gasteiger partial charge is 0.494 e. The van der Waals surface area contributed by atoms with Crippen molar-refractivity contribution < 1.29 is 17.9 Å². The molecule has 186 valence electrons. The van der Waals surface area contributed by atoms with Crippen molar-refractivity contribution in [2.75, 3.05) is 52.3 Å². The van der Waals surface area contributed by atoms with E-state index in [0.717, 1.165) is 4.70 Å². The van der Waals surface area contributed by atoms with Gasteiger partial charge in [-0.3, -0.25) is 9.69 Å². The zero-order valence-electron chi connectivity index (χ0n) is 20.0. The van der Waals surface area contributed by atoms with Gasteiger partial charge in [0.05, 0.1) is 16.7 Å². The second-order valence-corrected chi connectivity index (χ2v) is 10.6. The van der Waals surface area contributed by atoms with Gasteiger partial charge in [0.1, 0.15) is 11.3 Å². The highest BCUT2D eigenvalue weighted by Crippen LogP contribution is 2.34. The summed E-state index contributed by atoms with van der Waals surface area (Å²) in [5.74, 6) is 0.419. The molecule has 34 heavy (non-hydrogen) atoms. The second kappa shape index (κ2) is 11.9. The summed E-state index contributed by atoms with van der Waals surface area (Å²) in [6.45, 7) is 5.46. The number of hydrogen-bond donors (Lipinski definition) is 0. The molecule has 0 saturated carbocycles. The van der Waals surface area contributed by atoms with E-state index in [1.165, 1.54) is 27.8 Å².